The molecule has 2 atom stereocenters. The number of amides is 1. The molecule has 0 radical (unpaired) electrons. The Balaban J connectivity index is 2.25. The summed E-state index contributed by atoms with van der Waals surface area (Å²) in [6.45, 7) is 15.8. The summed E-state index contributed by atoms with van der Waals surface area (Å²) < 4.78 is 16.9. The molecule has 0 saturated carbocycles. The number of carbonyl (C=O) groups is 2. The van der Waals surface area contributed by atoms with Gasteiger partial charge in [0.2, 0.25) is 5.60 Å². The largest absolute Gasteiger partial charge is 0.486 e. The Hall–Kier alpha value is -2.54. The van der Waals surface area contributed by atoms with Gasteiger partial charge in [0.15, 0.2) is 0 Å². The number of aryl methyl sites for hydroxylation is 1. The van der Waals surface area contributed by atoms with Crippen LogP contribution in [0.25, 0.3) is 6.08 Å². The summed E-state index contributed by atoms with van der Waals surface area (Å²) in [5.74, 6) is 0.0229. The van der Waals surface area contributed by atoms with Crippen LogP contribution in [0, 0.1) is 0 Å². The van der Waals surface area contributed by atoms with Crippen molar-refractivity contribution in [3.63, 3.8) is 0 Å². The molecule has 0 bridgehead atoms. The predicted octanol–water partition coefficient (Wildman–Crippen LogP) is 4.58. The van der Waals surface area contributed by atoms with Crippen LogP contribution < -0.4 is 10.2 Å². The Morgan fingerprint density at radius 2 is 1.73 bits per heavy atom. The number of fused-ring (bicyclic) bond motifs is 1. The highest BCUT2D eigenvalue weighted by molar-refractivity contribution is 5.81. The molecule has 1 unspecified atom stereocenters. The molecule has 30 heavy (non-hydrogen) atoms. The summed E-state index contributed by atoms with van der Waals surface area (Å²) >= 11 is 0. The molecule has 1 aliphatic rings. The summed E-state index contributed by atoms with van der Waals surface area (Å²) in [7, 11) is 0. The van der Waals surface area contributed by atoms with E-state index in [9.17, 15) is 9.59 Å². The SMILES string of the molecule is C=Cc1ccc2c(c1)CC[C@H](C(C)(ONC(=O)OC(C)(C)C)C(=O)OC(C)(C)C)O2. The molecule has 1 aliphatic heterocycles. The zero-order chi connectivity index (χ0) is 22.7. The second-order valence-electron chi connectivity index (χ2n) is 9.53. The minimum Gasteiger partial charge on any atom is -0.486 e. The number of benzene rings is 1. The van der Waals surface area contributed by atoms with Gasteiger partial charge in [0, 0.05) is 0 Å². The third-order valence-electron chi connectivity index (χ3n) is 4.43. The van der Waals surface area contributed by atoms with Gasteiger partial charge in [-0.1, -0.05) is 18.7 Å². The Morgan fingerprint density at radius 3 is 2.30 bits per heavy atom. The minimum atomic E-state index is -1.58. The Kier molecular flexibility index (Phi) is 6.87. The fourth-order valence-corrected chi connectivity index (χ4v) is 2.99. The maximum atomic E-state index is 13.1. The quantitative estimate of drug-likeness (QED) is 0.556. The first-order valence-corrected chi connectivity index (χ1v) is 10.1. The lowest BCUT2D eigenvalue weighted by Gasteiger charge is -2.39. The third-order valence-corrected chi connectivity index (χ3v) is 4.43. The molecule has 1 amide bonds. The van der Waals surface area contributed by atoms with E-state index in [1.54, 1.807) is 54.5 Å². The lowest BCUT2D eigenvalue weighted by molar-refractivity contribution is -0.205. The van der Waals surface area contributed by atoms with E-state index in [2.05, 4.69) is 12.1 Å². The zero-order valence-corrected chi connectivity index (χ0v) is 19.0. The van der Waals surface area contributed by atoms with Gasteiger partial charge in [0.25, 0.3) is 0 Å². The predicted molar refractivity (Wildman–Crippen MR) is 114 cm³/mol. The molecule has 0 spiro atoms. The van der Waals surface area contributed by atoms with Crippen LogP contribution in [-0.2, 0) is 25.5 Å². The normalized spacial score (nSPS) is 18.3. The van der Waals surface area contributed by atoms with Gasteiger partial charge in [0.05, 0.1) is 0 Å². The second kappa shape index (κ2) is 8.68. The van der Waals surface area contributed by atoms with Crippen molar-refractivity contribution in [2.24, 2.45) is 0 Å². The molecule has 0 saturated heterocycles. The van der Waals surface area contributed by atoms with Crippen molar-refractivity contribution in [3.8, 4) is 5.75 Å². The van der Waals surface area contributed by atoms with E-state index in [0.717, 1.165) is 11.1 Å². The van der Waals surface area contributed by atoms with Gasteiger partial charge in [-0.3, -0.25) is 0 Å². The van der Waals surface area contributed by atoms with E-state index in [1.807, 2.05) is 18.2 Å². The fourth-order valence-electron chi connectivity index (χ4n) is 2.99. The maximum absolute atomic E-state index is 13.1. The van der Waals surface area contributed by atoms with Gasteiger partial charge < -0.3 is 14.2 Å². The van der Waals surface area contributed by atoms with E-state index in [1.165, 1.54) is 0 Å². The smallest absolute Gasteiger partial charge is 0.431 e. The second-order valence-corrected chi connectivity index (χ2v) is 9.53. The summed E-state index contributed by atoms with van der Waals surface area (Å²) in [4.78, 5) is 30.8. The summed E-state index contributed by atoms with van der Waals surface area (Å²) in [5, 5.41) is 0. The highest BCUT2D eigenvalue weighted by Crippen LogP contribution is 2.35. The number of nitrogens with one attached hydrogen (secondary N) is 1. The number of hydrogen-bond donors (Lipinski definition) is 1. The molecule has 0 aliphatic carbocycles. The summed E-state index contributed by atoms with van der Waals surface area (Å²) in [6, 6.07) is 5.73. The number of hydroxylamine groups is 1. The Labute approximate surface area is 178 Å². The molecular formula is C23H33NO6. The molecule has 0 aromatic heterocycles. The van der Waals surface area contributed by atoms with Crippen molar-refractivity contribution in [2.45, 2.75) is 84.2 Å². The molecule has 7 heteroatoms. The molecule has 7 nitrogen and oxygen atoms in total. The first-order chi connectivity index (χ1) is 13.7. The van der Waals surface area contributed by atoms with Crippen molar-refractivity contribution < 1.29 is 28.6 Å². The molecule has 2 rings (SSSR count). The van der Waals surface area contributed by atoms with Crippen LogP contribution >= 0.6 is 0 Å². The van der Waals surface area contributed by atoms with Crippen molar-refractivity contribution in [1.82, 2.24) is 5.48 Å². The van der Waals surface area contributed by atoms with Gasteiger partial charge in [0.1, 0.15) is 23.1 Å². The van der Waals surface area contributed by atoms with Crippen molar-refractivity contribution >= 4 is 18.1 Å². The molecule has 166 valence electrons. The maximum Gasteiger partial charge on any atom is 0.431 e. The van der Waals surface area contributed by atoms with Crippen molar-refractivity contribution in [2.75, 3.05) is 0 Å². The first kappa shape index (κ1) is 23.7. The van der Waals surface area contributed by atoms with Crippen LogP contribution in [0.4, 0.5) is 4.79 Å². The van der Waals surface area contributed by atoms with E-state index >= 15 is 0 Å². The molecule has 1 aromatic rings. The van der Waals surface area contributed by atoms with Crippen molar-refractivity contribution in [1.29, 1.82) is 0 Å². The van der Waals surface area contributed by atoms with E-state index < -0.39 is 35.0 Å². The summed E-state index contributed by atoms with van der Waals surface area (Å²) in [6.07, 6.45) is 1.47. The van der Waals surface area contributed by atoms with Crippen LogP contribution in [0.1, 0.15) is 66.0 Å². The van der Waals surface area contributed by atoms with Gasteiger partial charge in [-0.25, -0.2) is 14.4 Å². The summed E-state index contributed by atoms with van der Waals surface area (Å²) in [5.41, 5.74) is 1.22. The molecule has 0 fully saturated rings. The number of hydrogen-bond acceptors (Lipinski definition) is 6. The van der Waals surface area contributed by atoms with E-state index in [0.29, 0.717) is 18.6 Å². The Bertz CT molecular complexity index is 805. The van der Waals surface area contributed by atoms with Crippen LogP contribution in [0.15, 0.2) is 24.8 Å². The van der Waals surface area contributed by atoms with Gasteiger partial charge in [-0.05, 0) is 84.6 Å². The number of carbonyl (C=O) groups excluding carboxylic acids is 2. The van der Waals surface area contributed by atoms with Crippen LogP contribution in [0.5, 0.6) is 5.75 Å². The van der Waals surface area contributed by atoms with Crippen LogP contribution in [0.2, 0.25) is 0 Å². The fraction of sp³-hybridized carbons (Fsp3) is 0.565. The lowest BCUT2D eigenvalue weighted by Crippen LogP contribution is -2.58. The molecule has 1 N–H and O–H groups in total. The average molecular weight is 420 g/mol. The zero-order valence-electron chi connectivity index (χ0n) is 19.0. The molecule has 1 aromatic carbocycles. The van der Waals surface area contributed by atoms with Gasteiger partial charge >= 0.3 is 12.1 Å². The third kappa shape index (κ3) is 6.23. The number of esters is 1. The van der Waals surface area contributed by atoms with Gasteiger partial charge in [-0.2, -0.15) is 5.48 Å². The van der Waals surface area contributed by atoms with Crippen LogP contribution in [0.3, 0.4) is 0 Å². The molecular weight excluding hydrogens is 386 g/mol. The highest BCUT2D eigenvalue weighted by atomic mass is 16.7. The number of ether oxygens (including phenoxy) is 3. The minimum absolute atomic E-state index is 0.499. The first-order valence-electron chi connectivity index (χ1n) is 10.1. The average Bonchev–Trinajstić information content (AvgIpc) is 2.62. The standard InChI is InChI=1S/C23H33NO6/c1-9-15-10-12-17-16(14-15)11-13-18(27-17)23(8,19(25)28-21(2,3)4)30-24-20(26)29-22(5,6)7/h9-10,12,14,18H,1,11,13H2,2-8H3,(H,24,26)/t18-,23?/m1/s1. The van der Waals surface area contributed by atoms with E-state index in [4.69, 9.17) is 19.0 Å². The highest BCUT2D eigenvalue weighted by Gasteiger charge is 2.50. The Morgan fingerprint density at radius 1 is 1.10 bits per heavy atom. The van der Waals surface area contributed by atoms with E-state index in [-0.39, 0.29) is 0 Å². The van der Waals surface area contributed by atoms with Crippen LogP contribution in [-0.4, -0.2) is 35.0 Å². The molecule has 1 heterocycles. The lowest BCUT2D eigenvalue weighted by atomic mass is 9.90. The van der Waals surface area contributed by atoms with Crippen molar-refractivity contribution in [3.05, 3.63) is 35.9 Å². The van der Waals surface area contributed by atoms with Gasteiger partial charge in [-0.15, -0.1) is 0 Å². The number of rotatable bonds is 5. The monoisotopic (exact) mass is 419 g/mol. The topological polar surface area (TPSA) is 83.1 Å².